The van der Waals surface area contributed by atoms with E-state index in [1.807, 2.05) is 60.7 Å². The molecular weight excluding hydrogens is 723 g/mol. The van der Waals surface area contributed by atoms with Gasteiger partial charge in [-0.25, -0.2) is 4.98 Å². The number of fused-ring (bicyclic) bond motifs is 10. The smallest absolute Gasteiger partial charge is 0.238 e. The van der Waals surface area contributed by atoms with Crippen LogP contribution in [0.2, 0.25) is 0 Å². The third-order valence-electron chi connectivity index (χ3n) is 11.5. The van der Waals surface area contributed by atoms with Gasteiger partial charge < -0.3 is 9.13 Å². The van der Waals surface area contributed by atoms with E-state index in [0.29, 0.717) is 23.2 Å². The van der Waals surface area contributed by atoms with Crippen LogP contribution in [0.25, 0.3) is 106 Å². The molecule has 0 saturated heterocycles. The molecule has 8 aromatic carbocycles. The monoisotopic (exact) mass is 753 g/mol. The van der Waals surface area contributed by atoms with Crippen molar-refractivity contribution in [3.05, 3.63) is 194 Å². The predicted molar refractivity (Wildman–Crippen MR) is 238 cm³/mol. The summed E-state index contributed by atoms with van der Waals surface area (Å²) in [6, 6.07) is 67.2. The lowest BCUT2D eigenvalue weighted by molar-refractivity contribution is 0.953. The average Bonchev–Trinajstić information content (AvgIpc) is 3.95. The average molecular weight is 754 g/mol. The minimum Gasteiger partial charge on any atom is -0.309 e. The number of hydrogen-bond donors (Lipinski definition) is 0. The van der Waals surface area contributed by atoms with E-state index in [9.17, 15) is 5.26 Å². The number of hydrogen-bond acceptors (Lipinski definition) is 4. The van der Waals surface area contributed by atoms with Gasteiger partial charge in [-0.05, 0) is 60.7 Å². The molecule has 0 bridgehead atoms. The minimum atomic E-state index is 0.482. The third-order valence-corrected chi connectivity index (χ3v) is 11.5. The van der Waals surface area contributed by atoms with Gasteiger partial charge in [-0.1, -0.05) is 127 Å². The van der Waals surface area contributed by atoms with E-state index in [1.165, 1.54) is 10.8 Å². The van der Waals surface area contributed by atoms with Crippen molar-refractivity contribution in [3.63, 3.8) is 0 Å². The molecule has 7 heteroatoms. The first-order valence-corrected chi connectivity index (χ1v) is 19.6. The van der Waals surface area contributed by atoms with Gasteiger partial charge in [0, 0.05) is 49.1 Å². The van der Waals surface area contributed by atoms with Crippen molar-refractivity contribution in [1.29, 1.82) is 5.26 Å². The third kappa shape index (κ3) is 4.90. The number of para-hydroxylation sites is 5. The number of benzene rings is 8. The Morgan fingerprint density at radius 2 is 0.915 bits per heavy atom. The number of aromatic nitrogens is 6. The van der Waals surface area contributed by atoms with E-state index >= 15 is 0 Å². The van der Waals surface area contributed by atoms with Gasteiger partial charge in [0.1, 0.15) is 6.07 Å². The lowest BCUT2D eigenvalue weighted by Gasteiger charge is -2.13. The summed E-state index contributed by atoms with van der Waals surface area (Å²) in [5.41, 5.74) is 10.3. The molecule has 0 amide bonds. The lowest BCUT2D eigenvalue weighted by atomic mass is 10.1. The summed E-state index contributed by atoms with van der Waals surface area (Å²) in [7, 11) is 0. The van der Waals surface area contributed by atoms with E-state index in [1.54, 1.807) is 0 Å². The molecule has 0 aliphatic carbocycles. The molecule has 0 aliphatic rings. The molecule has 0 fully saturated rings. The number of rotatable bonds is 5. The van der Waals surface area contributed by atoms with Crippen LogP contribution < -0.4 is 0 Å². The van der Waals surface area contributed by atoms with E-state index in [2.05, 4.69) is 147 Å². The fraction of sp³-hybridized carbons (Fsp3) is 0. The molecule has 0 N–H and O–H groups in total. The lowest BCUT2D eigenvalue weighted by Crippen LogP contribution is -2.06. The van der Waals surface area contributed by atoms with Crippen LogP contribution in [0, 0.1) is 11.3 Å². The highest BCUT2D eigenvalue weighted by Gasteiger charge is 2.23. The molecule has 0 saturated carbocycles. The van der Waals surface area contributed by atoms with Gasteiger partial charge in [0.25, 0.3) is 0 Å². The molecule has 0 atom stereocenters. The molecule has 7 nitrogen and oxygen atoms in total. The molecular formula is C52H31N7. The van der Waals surface area contributed by atoms with Crippen LogP contribution in [-0.2, 0) is 0 Å². The zero-order chi connectivity index (χ0) is 39.0. The Morgan fingerprint density at radius 3 is 1.56 bits per heavy atom. The van der Waals surface area contributed by atoms with Crippen molar-refractivity contribution in [3.8, 4) is 46.2 Å². The zero-order valence-electron chi connectivity index (χ0n) is 31.5. The first kappa shape index (κ1) is 32.9. The summed E-state index contributed by atoms with van der Waals surface area (Å²) in [5.74, 6) is 1.54. The van der Waals surface area contributed by atoms with Gasteiger partial charge in [-0.15, -0.1) is 0 Å². The number of nitrogens with zero attached hydrogens (tertiary/aromatic N) is 7. The SMILES string of the molecule is N#Cc1cc(-c2nc(-c3ccccc3)nc(-n3c4ccccc4c4ccccc43)n2)ccc1-n1c2ccccc2c2c1ccc1c3ccccc3n(-c3ccccc3)c12. The molecule has 59 heavy (non-hydrogen) atoms. The Kier molecular flexibility index (Phi) is 7.16. The molecule has 12 rings (SSSR count). The van der Waals surface area contributed by atoms with Gasteiger partial charge in [0.15, 0.2) is 11.6 Å². The highest BCUT2D eigenvalue weighted by molar-refractivity contribution is 6.26. The fourth-order valence-corrected chi connectivity index (χ4v) is 9.02. The molecule has 0 unspecified atom stereocenters. The normalized spacial score (nSPS) is 11.7. The van der Waals surface area contributed by atoms with Crippen molar-refractivity contribution in [1.82, 2.24) is 28.7 Å². The molecule has 4 aromatic heterocycles. The van der Waals surface area contributed by atoms with Gasteiger partial charge >= 0.3 is 0 Å². The Balaban J connectivity index is 1.10. The highest BCUT2D eigenvalue weighted by Crippen LogP contribution is 2.42. The summed E-state index contributed by atoms with van der Waals surface area (Å²) in [6.45, 7) is 0. The number of nitriles is 1. The van der Waals surface area contributed by atoms with E-state index in [4.69, 9.17) is 15.0 Å². The maximum atomic E-state index is 10.9. The van der Waals surface area contributed by atoms with Crippen molar-refractivity contribution in [2.75, 3.05) is 0 Å². The van der Waals surface area contributed by atoms with Crippen LogP contribution in [0.1, 0.15) is 5.56 Å². The molecule has 4 heterocycles. The fourth-order valence-electron chi connectivity index (χ4n) is 9.02. The van der Waals surface area contributed by atoms with Crippen LogP contribution >= 0.6 is 0 Å². The Labute approximate surface area is 337 Å². The molecule has 12 aromatic rings. The van der Waals surface area contributed by atoms with Crippen molar-refractivity contribution >= 4 is 65.4 Å². The summed E-state index contributed by atoms with van der Waals surface area (Å²) < 4.78 is 6.71. The Morgan fingerprint density at radius 1 is 0.390 bits per heavy atom. The minimum absolute atomic E-state index is 0.482. The van der Waals surface area contributed by atoms with Crippen LogP contribution in [0.4, 0.5) is 0 Å². The Hall–Kier alpha value is -8.34. The topological polar surface area (TPSA) is 77.2 Å². The summed E-state index contributed by atoms with van der Waals surface area (Å²) in [6.07, 6.45) is 0. The maximum absolute atomic E-state index is 10.9. The summed E-state index contributed by atoms with van der Waals surface area (Å²) >= 11 is 0. The standard InChI is InChI=1S/C52H31N7/c53-32-35-31-34(51-54-50(33-15-3-1-4-16-33)55-52(56-51)59-44-24-12-7-19-37(44)38-20-8-13-25-45(38)59)27-29-42(35)58-46-26-14-10-22-41(46)48-47(58)30-28-40-39-21-9-11-23-43(39)57(49(40)48)36-17-5-2-6-18-36/h1-31H. The molecule has 274 valence electrons. The van der Waals surface area contributed by atoms with Crippen molar-refractivity contribution < 1.29 is 0 Å². The van der Waals surface area contributed by atoms with Gasteiger partial charge in [0.05, 0.1) is 44.4 Å². The van der Waals surface area contributed by atoms with E-state index in [-0.39, 0.29) is 0 Å². The second kappa shape index (κ2) is 12.8. The van der Waals surface area contributed by atoms with Crippen LogP contribution in [-0.4, -0.2) is 28.7 Å². The van der Waals surface area contributed by atoms with Crippen LogP contribution in [0.15, 0.2) is 188 Å². The molecule has 0 spiro atoms. The van der Waals surface area contributed by atoms with Crippen LogP contribution in [0.5, 0.6) is 0 Å². The summed E-state index contributed by atoms with van der Waals surface area (Å²) in [5, 5.41) is 17.8. The van der Waals surface area contributed by atoms with Crippen molar-refractivity contribution in [2.24, 2.45) is 0 Å². The Bertz CT molecular complexity index is 3630. The van der Waals surface area contributed by atoms with Crippen LogP contribution in [0.3, 0.4) is 0 Å². The predicted octanol–water partition coefficient (Wildman–Crippen LogP) is 12.4. The van der Waals surface area contributed by atoms with E-state index in [0.717, 1.165) is 77.1 Å². The molecule has 0 aliphatic heterocycles. The quantitative estimate of drug-likeness (QED) is 0.175. The second-order valence-corrected chi connectivity index (χ2v) is 14.8. The van der Waals surface area contributed by atoms with Gasteiger partial charge in [-0.2, -0.15) is 15.2 Å². The van der Waals surface area contributed by atoms with Gasteiger partial charge in [0.2, 0.25) is 5.95 Å². The van der Waals surface area contributed by atoms with Gasteiger partial charge in [-0.3, -0.25) is 4.57 Å². The largest absolute Gasteiger partial charge is 0.309 e. The first-order chi connectivity index (χ1) is 29.2. The summed E-state index contributed by atoms with van der Waals surface area (Å²) in [4.78, 5) is 15.3. The maximum Gasteiger partial charge on any atom is 0.238 e. The zero-order valence-corrected chi connectivity index (χ0v) is 31.5. The molecule has 0 radical (unpaired) electrons. The second-order valence-electron chi connectivity index (χ2n) is 14.8. The highest BCUT2D eigenvalue weighted by atomic mass is 15.2. The first-order valence-electron chi connectivity index (χ1n) is 19.6. The van der Waals surface area contributed by atoms with E-state index < -0.39 is 0 Å². The van der Waals surface area contributed by atoms with Crippen molar-refractivity contribution in [2.45, 2.75) is 0 Å².